The number of amides is 2. The van der Waals surface area contributed by atoms with Crippen LogP contribution in [0.5, 0.6) is 17.5 Å². The van der Waals surface area contributed by atoms with Crippen LogP contribution in [0.2, 0.25) is 0 Å². The first-order valence-corrected chi connectivity index (χ1v) is 15.9. The Morgan fingerprint density at radius 3 is 2.16 bits per heavy atom. The van der Waals surface area contributed by atoms with Gasteiger partial charge in [-0.3, -0.25) is 4.57 Å². The van der Waals surface area contributed by atoms with Crippen LogP contribution in [-0.2, 0) is 16.4 Å². The zero-order valence-corrected chi connectivity index (χ0v) is 26.4. The van der Waals surface area contributed by atoms with Gasteiger partial charge < -0.3 is 35.8 Å². The van der Waals surface area contributed by atoms with E-state index in [0.29, 0.717) is 22.2 Å². The lowest BCUT2D eigenvalue weighted by atomic mass is 10.0. The number of fused-ring (bicyclic) bond motifs is 1. The van der Waals surface area contributed by atoms with Crippen molar-refractivity contribution in [3.63, 3.8) is 0 Å². The molecule has 0 saturated carbocycles. The topological polar surface area (TPSA) is 174 Å². The summed E-state index contributed by atoms with van der Waals surface area (Å²) in [7, 11) is -2.68. The Hall–Kier alpha value is -4.30. The number of sulfonamides is 1. The fourth-order valence-corrected chi connectivity index (χ4v) is 6.68. The molecule has 2 amide bonds. The van der Waals surface area contributed by atoms with Crippen molar-refractivity contribution >= 4 is 32.5 Å². The highest BCUT2D eigenvalue weighted by molar-refractivity contribution is 7.89. The van der Waals surface area contributed by atoms with Crippen molar-refractivity contribution < 1.29 is 38.4 Å². The summed E-state index contributed by atoms with van der Waals surface area (Å²) in [6, 6.07) is 17.7. The van der Waals surface area contributed by atoms with Crippen molar-refractivity contribution in [2.45, 2.75) is 56.4 Å². The molecule has 13 heteroatoms. The Balaban J connectivity index is 1.58. The number of hydrogen-bond donors (Lipinski definition) is 6. The zero-order chi connectivity index (χ0) is 32.9. The maximum absolute atomic E-state index is 13.6. The Kier molecular flexibility index (Phi) is 10.6. The van der Waals surface area contributed by atoms with E-state index in [1.54, 1.807) is 12.1 Å². The molecule has 4 rings (SSSR count). The van der Waals surface area contributed by atoms with Gasteiger partial charge in [0.15, 0.2) is 0 Å². The number of benzene rings is 3. The SMILES string of the molecule is COc1ccc(S(=O)(=O)N(C[C@@H](O)[C@H](Cc2ccccc2)NC(=O)Nc2ccc3c(O)n(C(C)C)c(O)c3c2)C[C@@H](C)O)cc1. The number of aromatic hydroxyl groups is 2. The van der Waals surface area contributed by atoms with Crippen molar-refractivity contribution in [3.05, 3.63) is 78.4 Å². The monoisotopic (exact) mass is 640 g/mol. The van der Waals surface area contributed by atoms with Gasteiger partial charge >= 0.3 is 6.03 Å². The number of anilines is 1. The van der Waals surface area contributed by atoms with Gasteiger partial charge in [-0.15, -0.1) is 0 Å². The van der Waals surface area contributed by atoms with Gasteiger partial charge in [-0.1, -0.05) is 30.3 Å². The van der Waals surface area contributed by atoms with Crippen molar-refractivity contribution in [3.8, 4) is 17.5 Å². The minimum atomic E-state index is -4.15. The minimum Gasteiger partial charge on any atom is -0.497 e. The van der Waals surface area contributed by atoms with Crippen LogP contribution in [0.3, 0.4) is 0 Å². The van der Waals surface area contributed by atoms with Gasteiger partial charge in [0.2, 0.25) is 21.8 Å². The van der Waals surface area contributed by atoms with E-state index >= 15 is 0 Å². The lowest BCUT2D eigenvalue weighted by Crippen LogP contribution is -2.52. The molecule has 3 atom stereocenters. The second kappa shape index (κ2) is 14.2. The molecule has 0 bridgehead atoms. The van der Waals surface area contributed by atoms with Gasteiger partial charge in [0, 0.05) is 35.6 Å². The summed E-state index contributed by atoms with van der Waals surface area (Å²) >= 11 is 0. The van der Waals surface area contributed by atoms with E-state index in [4.69, 9.17) is 4.74 Å². The molecule has 0 aliphatic carbocycles. The Morgan fingerprint density at radius 1 is 0.911 bits per heavy atom. The van der Waals surface area contributed by atoms with E-state index in [9.17, 15) is 33.6 Å². The van der Waals surface area contributed by atoms with Crippen LogP contribution < -0.4 is 15.4 Å². The summed E-state index contributed by atoms with van der Waals surface area (Å²) < 4.78 is 34.6. The maximum atomic E-state index is 13.6. The van der Waals surface area contributed by atoms with Gasteiger partial charge in [-0.25, -0.2) is 13.2 Å². The van der Waals surface area contributed by atoms with Crippen molar-refractivity contribution in [2.24, 2.45) is 0 Å². The average Bonchev–Trinajstić information content (AvgIpc) is 3.25. The smallest absolute Gasteiger partial charge is 0.319 e. The van der Waals surface area contributed by atoms with Crippen LogP contribution in [0.1, 0.15) is 32.4 Å². The highest BCUT2D eigenvalue weighted by Gasteiger charge is 2.32. The zero-order valence-electron chi connectivity index (χ0n) is 25.6. The molecule has 0 saturated heterocycles. The molecule has 4 aromatic rings. The number of rotatable bonds is 13. The average molecular weight is 641 g/mol. The second-order valence-electron chi connectivity index (χ2n) is 11.2. The molecule has 12 nitrogen and oxygen atoms in total. The van der Waals surface area contributed by atoms with Crippen molar-refractivity contribution in [2.75, 3.05) is 25.5 Å². The normalized spacial score (nSPS) is 14.0. The highest BCUT2D eigenvalue weighted by Crippen LogP contribution is 2.39. The predicted octanol–water partition coefficient (Wildman–Crippen LogP) is 3.81. The summed E-state index contributed by atoms with van der Waals surface area (Å²) in [4.78, 5) is 13.2. The van der Waals surface area contributed by atoms with Gasteiger partial charge in [0.25, 0.3) is 0 Å². The molecule has 1 heterocycles. The van der Waals surface area contributed by atoms with Gasteiger partial charge in [-0.2, -0.15) is 4.31 Å². The third-order valence-corrected chi connectivity index (χ3v) is 9.21. The number of carbonyl (C=O) groups excluding carboxylic acids is 1. The van der Waals surface area contributed by atoms with E-state index in [2.05, 4.69) is 10.6 Å². The molecule has 0 aliphatic rings. The van der Waals surface area contributed by atoms with Crippen molar-refractivity contribution in [1.82, 2.24) is 14.2 Å². The molecule has 45 heavy (non-hydrogen) atoms. The summed E-state index contributed by atoms with van der Waals surface area (Å²) in [5, 5.41) is 48.9. The summed E-state index contributed by atoms with van der Waals surface area (Å²) in [6.45, 7) is 4.36. The quantitative estimate of drug-likeness (QED) is 0.128. The van der Waals surface area contributed by atoms with E-state index in [1.807, 2.05) is 44.2 Å². The molecule has 3 aromatic carbocycles. The number of aliphatic hydroxyl groups is 2. The number of nitrogens with one attached hydrogen (secondary N) is 2. The Bertz CT molecular complexity index is 1710. The van der Waals surface area contributed by atoms with Gasteiger partial charge in [0.1, 0.15) is 5.75 Å². The lowest BCUT2D eigenvalue weighted by Gasteiger charge is -2.30. The molecule has 0 fully saturated rings. The first-order valence-electron chi connectivity index (χ1n) is 14.5. The molecule has 0 aliphatic heterocycles. The largest absolute Gasteiger partial charge is 0.497 e. The van der Waals surface area contributed by atoms with E-state index in [-0.39, 0.29) is 35.7 Å². The van der Waals surface area contributed by atoms with Crippen LogP contribution >= 0.6 is 0 Å². The van der Waals surface area contributed by atoms with E-state index < -0.39 is 40.8 Å². The number of methoxy groups -OCH3 is 1. The van der Waals surface area contributed by atoms with E-state index in [1.165, 1.54) is 48.9 Å². The second-order valence-corrected chi connectivity index (χ2v) is 13.1. The number of urea groups is 1. The summed E-state index contributed by atoms with van der Waals surface area (Å²) in [5.74, 6) is 0.235. The standard InChI is InChI=1S/C32H40N4O8S/c1-20(2)36-30(39)26-15-10-23(17-27(26)31(36)40)33-32(41)34-28(16-22-8-6-5-7-9-22)29(38)19-35(18-21(3)37)45(42,43)25-13-11-24(44-4)12-14-25/h5-15,17,20-21,28-29,37-40H,16,18-19H2,1-4H3,(H2,33,34,41)/t21-,28+,29-/m1/s1. The van der Waals surface area contributed by atoms with Crippen LogP contribution in [0.15, 0.2) is 77.7 Å². The fourth-order valence-electron chi connectivity index (χ4n) is 5.14. The van der Waals surface area contributed by atoms with Crippen LogP contribution in [-0.4, -0.2) is 82.2 Å². The molecular formula is C32H40N4O8S. The molecular weight excluding hydrogens is 600 g/mol. The fraction of sp³-hybridized carbons (Fsp3) is 0.344. The Morgan fingerprint density at radius 2 is 1.56 bits per heavy atom. The van der Waals surface area contributed by atoms with Gasteiger partial charge in [0.05, 0.1) is 30.3 Å². The van der Waals surface area contributed by atoms with Crippen LogP contribution in [0, 0.1) is 0 Å². The first kappa shape index (κ1) is 33.6. The molecule has 1 aromatic heterocycles. The van der Waals surface area contributed by atoms with Crippen LogP contribution in [0.4, 0.5) is 10.5 Å². The highest BCUT2D eigenvalue weighted by atomic mass is 32.2. The minimum absolute atomic E-state index is 0.0440. The number of aliphatic hydroxyl groups excluding tert-OH is 2. The number of ether oxygens (including phenoxy) is 1. The third kappa shape index (κ3) is 7.87. The summed E-state index contributed by atoms with van der Waals surface area (Å²) in [6.07, 6.45) is -2.25. The lowest BCUT2D eigenvalue weighted by molar-refractivity contribution is 0.0908. The predicted molar refractivity (Wildman–Crippen MR) is 171 cm³/mol. The maximum Gasteiger partial charge on any atom is 0.319 e. The molecule has 6 N–H and O–H groups in total. The molecule has 242 valence electrons. The number of carbonyl (C=O) groups is 1. The van der Waals surface area contributed by atoms with Crippen LogP contribution in [0.25, 0.3) is 10.8 Å². The van der Waals surface area contributed by atoms with E-state index in [0.717, 1.165) is 9.87 Å². The summed E-state index contributed by atoms with van der Waals surface area (Å²) in [5.41, 5.74) is 1.11. The Labute approximate surface area is 262 Å². The van der Waals surface area contributed by atoms with Gasteiger partial charge in [-0.05, 0) is 75.2 Å². The number of aromatic nitrogens is 1. The van der Waals surface area contributed by atoms with Crippen molar-refractivity contribution in [1.29, 1.82) is 0 Å². The number of hydrogen-bond acceptors (Lipinski definition) is 8. The number of nitrogens with zero attached hydrogens (tertiary/aromatic N) is 2. The molecule has 0 spiro atoms. The third-order valence-electron chi connectivity index (χ3n) is 7.37. The molecule has 0 unspecified atom stereocenters. The first-order chi connectivity index (χ1) is 21.3. The molecule has 0 radical (unpaired) electrons.